The van der Waals surface area contributed by atoms with Gasteiger partial charge < -0.3 is 15.2 Å². The molecular weight excluding hydrogens is 270 g/mol. The van der Waals surface area contributed by atoms with Crippen molar-refractivity contribution in [3.8, 4) is 5.88 Å². The Morgan fingerprint density at radius 3 is 3.10 bits per heavy atom. The van der Waals surface area contributed by atoms with E-state index in [1.54, 1.807) is 19.2 Å². The highest BCUT2D eigenvalue weighted by atomic mass is 16.5. The Morgan fingerprint density at radius 2 is 2.43 bits per heavy atom. The van der Waals surface area contributed by atoms with Crippen LogP contribution in [0, 0.1) is 5.92 Å². The largest absolute Gasteiger partial charge is 0.482 e. The minimum Gasteiger partial charge on any atom is -0.482 e. The number of hydrogen-bond acceptors (Lipinski definition) is 4. The van der Waals surface area contributed by atoms with Crippen LogP contribution in [0.5, 0.6) is 5.88 Å². The first-order chi connectivity index (χ1) is 10.2. The molecule has 0 radical (unpaired) electrons. The number of methoxy groups -OCH3 is 1. The van der Waals surface area contributed by atoms with Gasteiger partial charge in [-0.1, -0.05) is 6.07 Å². The molecule has 0 amide bonds. The number of piperidine rings is 1. The van der Waals surface area contributed by atoms with E-state index in [1.165, 1.54) is 0 Å². The van der Waals surface area contributed by atoms with Crippen LogP contribution in [0.1, 0.15) is 29.2 Å². The van der Waals surface area contributed by atoms with Crippen LogP contribution in [-0.4, -0.2) is 40.7 Å². The topological polar surface area (TPSA) is 75.9 Å². The van der Waals surface area contributed by atoms with E-state index in [9.17, 15) is 9.90 Å². The maximum atomic E-state index is 11.4. The summed E-state index contributed by atoms with van der Waals surface area (Å²) in [4.78, 5) is 15.7. The summed E-state index contributed by atoms with van der Waals surface area (Å²) in [5.74, 6) is 0.851. The number of aromatic nitrogens is 2. The lowest BCUT2D eigenvalue weighted by atomic mass is 9.96. The maximum absolute atomic E-state index is 11.4. The third-order valence-corrected chi connectivity index (χ3v) is 3.98. The second-order valence-corrected chi connectivity index (χ2v) is 5.39. The van der Waals surface area contributed by atoms with E-state index in [0.29, 0.717) is 17.3 Å². The van der Waals surface area contributed by atoms with Gasteiger partial charge in [0, 0.05) is 6.42 Å². The summed E-state index contributed by atoms with van der Waals surface area (Å²) >= 11 is 0. The monoisotopic (exact) mass is 289 g/mol. The van der Waals surface area contributed by atoms with Crippen LogP contribution in [-0.2, 0) is 6.42 Å². The minimum atomic E-state index is -1.01. The van der Waals surface area contributed by atoms with Gasteiger partial charge in [0.05, 0.1) is 12.6 Å². The average molecular weight is 289 g/mol. The van der Waals surface area contributed by atoms with Gasteiger partial charge in [0.25, 0.3) is 0 Å². The molecule has 1 atom stereocenters. The zero-order valence-electron chi connectivity index (χ0n) is 12.0. The van der Waals surface area contributed by atoms with Gasteiger partial charge in [0.1, 0.15) is 5.82 Å². The Bertz CT molecular complexity index is 659. The van der Waals surface area contributed by atoms with Crippen LogP contribution in [0.3, 0.4) is 0 Å². The summed E-state index contributed by atoms with van der Waals surface area (Å²) in [6.07, 6.45) is 3.04. The van der Waals surface area contributed by atoms with Gasteiger partial charge in [-0.3, -0.25) is 4.40 Å². The lowest BCUT2D eigenvalue weighted by Crippen LogP contribution is -2.31. The highest BCUT2D eigenvalue weighted by Gasteiger charge is 2.22. The predicted molar refractivity (Wildman–Crippen MR) is 78.0 cm³/mol. The number of ether oxygens (including phenoxy) is 1. The van der Waals surface area contributed by atoms with Crippen molar-refractivity contribution in [2.75, 3.05) is 20.2 Å². The van der Waals surface area contributed by atoms with Gasteiger partial charge in [0.2, 0.25) is 0 Å². The molecule has 6 nitrogen and oxygen atoms in total. The van der Waals surface area contributed by atoms with E-state index in [1.807, 2.05) is 10.5 Å². The van der Waals surface area contributed by atoms with E-state index < -0.39 is 5.97 Å². The van der Waals surface area contributed by atoms with Crippen molar-refractivity contribution in [3.63, 3.8) is 0 Å². The number of rotatable bonds is 4. The van der Waals surface area contributed by atoms with E-state index in [4.69, 9.17) is 4.74 Å². The number of aromatic carboxylic acids is 1. The molecule has 1 saturated heterocycles. The van der Waals surface area contributed by atoms with Crippen molar-refractivity contribution in [3.05, 3.63) is 29.7 Å². The molecule has 21 heavy (non-hydrogen) atoms. The van der Waals surface area contributed by atoms with Crippen molar-refractivity contribution < 1.29 is 14.6 Å². The Morgan fingerprint density at radius 1 is 1.57 bits per heavy atom. The number of nitrogens with zero attached hydrogens (tertiary/aromatic N) is 2. The van der Waals surface area contributed by atoms with E-state index in [-0.39, 0.29) is 5.69 Å². The Balaban J connectivity index is 2.05. The summed E-state index contributed by atoms with van der Waals surface area (Å²) < 4.78 is 7.18. The molecule has 2 aromatic rings. The first-order valence-electron chi connectivity index (χ1n) is 7.19. The quantitative estimate of drug-likeness (QED) is 0.894. The minimum absolute atomic E-state index is 0.0904. The number of fused-ring (bicyclic) bond motifs is 1. The molecule has 6 heteroatoms. The average Bonchev–Trinajstić information content (AvgIpc) is 2.87. The fraction of sp³-hybridized carbons (Fsp3) is 0.467. The van der Waals surface area contributed by atoms with Gasteiger partial charge in [-0.25, -0.2) is 9.78 Å². The van der Waals surface area contributed by atoms with Crippen molar-refractivity contribution in [1.29, 1.82) is 0 Å². The van der Waals surface area contributed by atoms with Crippen LogP contribution in [0.2, 0.25) is 0 Å². The first kappa shape index (κ1) is 13.9. The SMILES string of the molecule is COc1cccc2c(C(=O)O)nc(CC3CCCNC3)n12. The van der Waals surface area contributed by atoms with Crippen LogP contribution >= 0.6 is 0 Å². The lowest BCUT2D eigenvalue weighted by Gasteiger charge is -2.22. The third-order valence-electron chi connectivity index (χ3n) is 3.98. The Kier molecular flexibility index (Phi) is 3.79. The highest BCUT2D eigenvalue weighted by Crippen LogP contribution is 2.24. The smallest absolute Gasteiger partial charge is 0.356 e. The second-order valence-electron chi connectivity index (χ2n) is 5.39. The molecule has 1 unspecified atom stereocenters. The van der Waals surface area contributed by atoms with Crippen LogP contribution < -0.4 is 10.1 Å². The number of carboxylic acids is 1. The molecule has 0 spiro atoms. The van der Waals surface area contributed by atoms with Crippen molar-refractivity contribution >= 4 is 11.5 Å². The molecule has 3 heterocycles. The number of nitrogens with one attached hydrogen (secondary N) is 1. The number of carbonyl (C=O) groups is 1. The van der Waals surface area contributed by atoms with Gasteiger partial charge in [-0.05, 0) is 44.0 Å². The molecule has 0 saturated carbocycles. The summed E-state index contributed by atoms with van der Waals surface area (Å²) in [7, 11) is 1.58. The van der Waals surface area contributed by atoms with Gasteiger partial charge >= 0.3 is 5.97 Å². The standard InChI is InChI=1S/C15H19N3O3/c1-21-13-6-2-5-11-14(15(19)20)17-12(18(11)13)8-10-4-3-7-16-9-10/h2,5-6,10,16H,3-4,7-9H2,1H3,(H,19,20). The summed E-state index contributed by atoms with van der Waals surface area (Å²) in [6, 6.07) is 5.37. The molecule has 1 fully saturated rings. The number of pyridine rings is 1. The Hall–Kier alpha value is -2.08. The van der Waals surface area contributed by atoms with Crippen molar-refractivity contribution in [2.24, 2.45) is 5.92 Å². The zero-order chi connectivity index (χ0) is 14.8. The number of imidazole rings is 1. The molecular formula is C15H19N3O3. The molecule has 1 aliphatic heterocycles. The van der Waals surface area contributed by atoms with E-state index in [2.05, 4.69) is 10.3 Å². The first-order valence-corrected chi connectivity index (χ1v) is 7.19. The summed E-state index contributed by atoms with van der Waals surface area (Å²) in [5.41, 5.74) is 0.674. The maximum Gasteiger partial charge on any atom is 0.356 e. The predicted octanol–water partition coefficient (Wildman–Crippen LogP) is 1.58. The van der Waals surface area contributed by atoms with Gasteiger partial charge in [-0.15, -0.1) is 0 Å². The van der Waals surface area contributed by atoms with Crippen LogP contribution in [0.4, 0.5) is 0 Å². The van der Waals surface area contributed by atoms with Crippen LogP contribution in [0.25, 0.3) is 5.52 Å². The fourth-order valence-corrected chi connectivity index (χ4v) is 2.99. The van der Waals surface area contributed by atoms with Crippen molar-refractivity contribution in [2.45, 2.75) is 19.3 Å². The van der Waals surface area contributed by atoms with Gasteiger partial charge in [0.15, 0.2) is 11.6 Å². The molecule has 2 N–H and O–H groups in total. The molecule has 0 aromatic carbocycles. The van der Waals surface area contributed by atoms with E-state index in [0.717, 1.165) is 38.2 Å². The normalized spacial score (nSPS) is 18.8. The van der Waals surface area contributed by atoms with Crippen LogP contribution in [0.15, 0.2) is 18.2 Å². The zero-order valence-corrected chi connectivity index (χ0v) is 12.0. The van der Waals surface area contributed by atoms with E-state index >= 15 is 0 Å². The second kappa shape index (κ2) is 5.73. The fourth-order valence-electron chi connectivity index (χ4n) is 2.99. The molecule has 0 bridgehead atoms. The lowest BCUT2D eigenvalue weighted by molar-refractivity contribution is 0.0693. The summed E-state index contributed by atoms with van der Waals surface area (Å²) in [6.45, 7) is 2.01. The van der Waals surface area contributed by atoms with Crippen molar-refractivity contribution in [1.82, 2.24) is 14.7 Å². The molecule has 3 rings (SSSR count). The number of carboxylic acid groups (broad SMARTS) is 1. The summed E-state index contributed by atoms with van der Waals surface area (Å²) in [5, 5.41) is 12.7. The molecule has 2 aromatic heterocycles. The molecule has 112 valence electrons. The third kappa shape index (κ3) is 2.58. The molecule has 0 aliphatic carbocycles. The van der Waals surface area contributed by atoms with Gasteiger partial charge in [-0.2, -0.15) is 0 Å². The highest BCUT2D eigenvalue weighted by molar-refractivity contribution is 5.93. The molecule has 1 aliphatic rings. The Labute approximate surface area is 122 Å². The number of hydrogen-bond donors (Lipinski definition) is 2.